The first-order chi connectivity index (χ1) is 16.2. The van der Waals surface area contributed by atoms with Gasteiger partial charge in [0.05, 0.1) is 12.2 Å². The molecule has 0 bridgehead atoms. The van der Waals surface area contributed by atoms with Crippen molar-refractivity contribution in [2.45, 2.75) is 64.5 Å². The van der Waals surface area contributed by atoms with Crippen LogP contribution < -0.4 is 9.62 Å². The maximum absolute atomic E-state index is 9.70. The molecule has 184 valence electrons. The van der Waals surface area contributed by atoms with Gasteiger partial charge in [-0.3, -0.25) is 4.72 Å². The lowest BCUT2D eigenvalue weighted by Gasteiger charge is -2.29. The predicted molar refractivity (Wildman–Crippen MR) is 145 cm³/mol. The molecule has 0 aromatic heterocycles. The third kappa shape index (κ3) is 8.02. The summed E-state index contributed by atoms with van der Waals surface area (Å²) in [5, 5.41) is 12.1. The zero-order valence-corrected chi connectivity index (χ0v) is 22.1. The van der Waals surface area contributed by atoms with Crippen molar-refractivity contribution >= 4 is 34.5 Å². The van der Waals surface area contributed by atoms with Gasteiger partial charge in [-0.1, -0.05) is 18.2 Å². The molecule has 0 atom stereocenters. The topological polar surface area (TPSA) is 57.5 Å². The summed E-state index contributed by atoms with van der Waals surface area (Å²) in [6.07, 6.45) is 6.66. The van der Waals surface area contributed by atoms with E-state index in [1.54, 1.807) is 7.11 Å². The summed E-state index contributed by atoms with van der Waals surface area (Å²) in [6.45, 7) is 11.8. The molecule has 1 aliphatic heterocycles. The molecule has 0 amide bonds. The van der Waals surface area contributed by atoms with E-state index in [1.807, 2.05) is 19.9 Å². The van der Waals surface area contributed by atoms with Crippen LogP contribution in [0.15, 0.2) is 41.3 Å². The molecule has 1 N–H and O–H groups in total. The number of fused-ring (bicyclic) bond motifs is 1. The Hall–Kier alpha value is -2.04. The highest BCUT2D eigenvalue weighted by Crippen LogP contribution is 2.27. The first-order valence-corrected chi connectivity index (χ1v) is 13.0. The minimum atomic E-state index is -0.305. The molecule has 0 spiro atoms. The van der Waals surface area contributed by atoms with Crippen LogP contribution in [-0.4, -0.2) is 44.6 Å². The summed E-state index contributed by atoms with van der Waals surface area (Å²) in [5.74, 6) is 0. The van der Waals surface area contributed by atoms with Gasteiger partial charge >= 0.3 is 0 Å². The van der Waals surface area contributed by atoms with Gasteiger partial charge in [0.15, 0.2) is 0 Å². The average Bonchev–Trinajstić information content (AvgIpc) is 2.81. The van der Waals surface area contributed by atoms with E-state index in [0.29, 0.717) is 18.1 Å². The van der Waals surface area contributed by atoms with Gasteiger partial charge in [-0.15, -0.1) is 0 Å². The smallest absolute Gasteiger partial charge is 0.107 e. The Kier molecular flexibility index (Phi) is 9.44. The monoisotopic (exact) mass is 481 g/mol. The third-order valence-corrected chi connectivity index (χ3v) is 7.21. The Morgan fingerprint density at radius 3 is 2.50 bits per heavy atom. The Balaban J connectivity index is 1.60. The van der Waals surface area contributed by atoms with Crippen molar-refractivity contribution in [2.75, 3.05) is 38.3 Å². The number of piperidine rings is 1. The molecule has 0 aliphatic carbocycles. The van der Waals surface area contributed by atoms with Gasteiger partial charge in [-0.2, -0.15) is 5.26 Å². The number of methoxy groups -OCH3 is 1. The van der Waals surface area contributed by atoms with Crippen LogP contribution in [0.5, 0.6) is 0 Å². The van der Waals surface area contributed by atoms with Crippen molar-refractivity contribution in [1.29, 1.82) is 5.26 Å². The maximum Gasteiger partial charge on any atom is 0.107 e. The summed E-state index contributed by atoms with van der Waals surface area (Å²) in [5.41, 5.74) is 1.86. The molecular weight excluding hydrogens is 442 g/mol. The summed E-state index contributed by atoms with van der Waals surface area (Å²) in [6, 6.07) is 15.4. The number of nitrogens with one attached hydrogen (secondary N) is 1. The molecule has 2 aromatic rings. The van der Waals surface area contributed by atoms with Crippen LogP contribution in [0.1, 0.15) is 58.9 Å². The summed E-state index contributed by atoms with van der Waals surface area (Å²) < 4.78 is 14.6. The van der Waals surface area contributed by atoms with Gasteiger partial charge in [0.2, 0.25) is 0 Å². The zero-order chi connectivity index (χ0) is 24.6. The molecule has 0 radical (unpaired) electrons. The van der Waals surface area contributed by atoms with E-state index in [2.05, 4.69) is 65.9 Å². The van der Waals surface area contributed by atoms with Crippen molar-refractivity contribution in [3.05, 3.63) is 46.9 Å². The molecular formula is C28H39N3O2S. The van der Waals surface area contributed by atoms with Gasteiger partial charge in [-0.25, -0.2) is 0 Å². The first-order valence-electron chi connectivity index (χ1n) is 12.2. The maximum atomic E-state index is 9.70. The Morgan fingerprint density at radius 1 is 1.09 bits per heavy atom. The molecule has 0 unspecified atom stereocenters. The van der Waals surface area contributed by atoms with Crippen LogP contribution >= 0.6 is 11.9 Å². The van der Waals surface area contributed by atoms with E-state index >= 15 is 0 Å². The number of nitrogens with zero attached hydrogens (tertiary/aromatic N) is 2. The largest absolute Gasteiger partial charge is 0.382 e. The minimum absolute atomic E-state index is 0.183. The highest BCUT2D eigenvalue weighted by atomic mass is 32.2. The SMILES string of the molecule is COCC(C)(C)OCCC(C)(C)NS/C(C#N)=C/c1ccc2cc(N3CCCCC3)ccc2c1. The number of rotatable bonds is 11. The van der Waals surface area contributed by atoms with Gasteiger partial charge < -0.3 is 14.4 Å². The summed E-state index contributed by atoms with van der Waals surface area (Å²) >= 11 is 1.38. The number of hydrogen-bond donors (Lipinski definition) is 1. The van der Waals surface area contributed by atoms with E-state index in [0.717, 1.165) is 25.1 Å². The average molecular weight is 482 g/mol. The fraction of sp³-hybridized carbons (Fsp3) is 0.536. The fourth-order valence-electron chi connectivity index (χ4n) is 4.14. The molecule has 1 fully saturated rings. The second-order valence-electron chi connectivity index (χ2n) is 10.3. The lowest BCUT2D eigenvalue weighted by Crippen LogP contribution is -2.38. The van der Waals surface area contributed by atoms with Crippen molar-refractivity contribution < 1.29 is 9.47 Å². The first kappa shape index (κ1) is 26.6. The Bertz CT molecular complexity index is 1020. The molecule has 3 rings (SSSR count). The van der Waals surface area contributed by atoms with Gasteiger partial charge in [-0.05, 0) is 106 Å². The minimum Gasteiger partial charge on any atom is -0.382 e. The van der Waals surface area contributed by atoms with Gasteiger partial charge in [0.1, 0.15) is 11.0 Å². The van der Waals surface area contributed by atoms with Crippen LogP contribution in [0.2, 0.25) is 0 Å². The molecule has 1 aliphatic rings. The van der Waals surface area contributed by atoms with E-state index in [1.165, 1.54) is 47.7 Å². The standard InChI is InChI=1S/C28H39N3O2S/c1-27(2,13-16-33-28(3,4)21-32-5)30-34-26(20-29)18-22-9-10-24-19-25(12-11-23(24)17-22)31-14-7-6-8-15-31/h9-12,17-19,30H,6-8,13-16,21H2,1-5H3/b26-18+. The van der Waals surface area contributed by atoms with Gasteiger partial charge in [0.25, 0.3) is 0 Å². The highest BCUT2D eigenvalue weighted by Gasteiger charge is 2.22. The number of nitriles is 1. The van der Waals surface area contributed by atoms with Crippen LogP contribution in [0.4, 0.5) is 5.69 Å². The van der Waals surface area contributed by atoms with E-state index < -0.39 is 0 Å². The van der Waals surface area contributed by atoms with Crippen LogP contribution in [0.3, 0.4) is 0 Å². The number of anilines is 1. The second-order valence-corrected chi connectivity index (χ2v) is 11.2. The van der Waals surface area contributed by atoms with Crippen LogP contribution in [0, 0.1) is 11.3 Å². The fourth-order valence-corrected chi connectivity index (χ4v) is 4.87. The van der Waals surface area contributed by atoms with Crippen molar-refractivity contribution in [3.63, 3.8) is 0 Å². The second kappa shape index (κ2) is 12.1. The summed E-state index contributed by atoms with van der Waals surface area (Å²) in [7, 11) is 1.69. The third-order valence-electron chi connectivity index (χ3n) is 6.13. The molecule has 6 heteroatoms. The van der Waals surface area contributed by atoms with Crippen LogP contribution in [-0.2, 0) is 9.47 Å². The molecule has 0 saturated carbocycles. The Labute approximate surface area is 209 Å². The number of ether oxygens (including phenoxy) is 2. The van der Waals surface area contributed by atoms with Crippen molar-refractivity contribution in [3.8, 4) is 6.07 Å². The number of benzene rings is 2. The van der Waals surface area contributed by atoms with E-state index in [9.17, 15) is 5.26 Å². The van der Waals surface area contributed by atoms with Crippen molar-refractivity contribution in [1.82, 2.24) is 4.72 Å². The van der Waals surface area contributed by atoms with E-state index in [-0.39, 0.29) is 11.1 Å². The lowest BCUT2D eigenvalue weighted by atomic mass is 10.0. The highest BCUT2D eigenvalue weighted by molar-refractivity contribution is 8.01. The van der Waals surface area contributed by atoms with E-state index in [4.69, 9.17) is 9.47 Å². The van der Waals surface area contributed by atoms with Gasteiger partial charge in [0, 0.05) is 38.0 Å². The molecule has 1 heterocycles. The molecule has 5 nitrogen and oxygen atoms in total. The molecule has 34 heavy (non-hydrogen) atoms. The Morgan fingerprint density at radius 2 is 1.79 bits per heavy atom. The van der Waals surface area contributed by atoms with Crippen LogP contribution in [0.25, 0.3) is 16.8 Å². The quantitative estimate of drug-likeness (QED) is 0.290. The molecule has 2 aromatic carbocycles. The zero-order valence-electron chi connectivity index (χ0n) is 21.3. The van der Waals surface area contributed by atoms with Crippen molar-refractivity contribution in [2.24, 2.45) is 0 Å². The summed E-state index contributed by atoms with van der Waals surface area (Å²) in [4.78, 5) is 3.12. The normalized spacial score (nSPS) is 15.5. The number of allylic oxidation sites excluding steroid dienone is 1. The lowest BCUT2D eigenvalue weighted by molar-refractivity contribution is -0.0686. The predicted octanol–water partition coefficient (Wildman–Crippen LogP) is 6.54. The number of hydrogen-bond acceptors (Lipinski definition) is 6. The molecule has 1 saturated heterocycles.